The summed E-state index contributed by atoms with van der Waals surface area (Å²) < 4.78 is 0. The first-order valence-electron chi connectivity index (χ1n) is 5.62. The summed E-state index contributed by atoms with van der Waals surface area (Å²) >= 11 is 1.47. The van der Waals surface area contributed by atoms with E-state index in [-0.39, 0.29) is 0 Å². The lowest BCUT2D eigenvalue weighted by molar-refractivity contribution is 0.0696. The Kier molecular flexibility index (Phi) is 3.88. The number of aromatic carboxylic acids is 1. The molecule has 0 heterocycles. The van der Waals surface area contributed by atoms with Gasteiger partial charge in [0, 0.05) is 9.79 Å². The van der Waals surface area contributed by atoms with Crippen molar-refractivity contribution in [3.05, 3.63) is 59.2 Å². The van der Waals surface area contributed by atoms with Crippen molar-refractivity contribution in [1.29, 1.82) is 5.26 Å². The SMILES string of the molecule is Cc1ccc(Sc2ccc(C#N)cc2)cc1C(=O)O. The third-order valence-electron chi connectivity index (χ3n) is 2.66. The highest BCUT2D eigenvalue weighted by Gasteiger charge is 2.08. The highest BCUT2D eigenvalue weighted by Crippen LogP contribution is 2.29. The second-order valence-corrected chi connectivity index (χ2v) is 5.17. The van der Waals surface area contributed by atoms with E-state index in [1.165, 1.54) is 11.8 Å². The minimum absolute atomic E-state index is 0.318. The van der Waals surface area contributed by atoms with Gasteiger partial charge in [-0.3, -0.25) is 0 Å². The molecule has 1 N–H and O–H groups in total. The van der Waals surface area contributed by atoms with Crippen LogP contribution < -0.4 is 0 Å². The number of carboxylic acids is 1. The van der Waals surface area contributed by atoms with Crippen LogP contribution in [0, 0.1) is 18.3 Å². The maximum Gasteiger partial charge on any atom is 0.335 e. The van der Waals surface area contributed by atoms with E-state index in [4.69, 9.17) is 10.4 Å². The number of nitrogens with zero attached hydrogens (tertiary/aromatic N) is 1. The van der Waals surface area contributed by atoms with E-state index in [9.17, 15) is 4.79 Å². The fraction of sp³-hybridized carbons (Fsp3) is 0.0667. The van der Waals surface area contributed by atoms with E-state index in [2.05, 4.69) is 6.07 Å². The fourth-order valence-corrected chi connectivity index (χ4v) is 2.49. The van der Waals surface area contributed by atoms with Crippen molar-refractivity contribution in [2.45, 2.75) is 16.7 Å². The van der Waals surface area contributed by atoms with Crippen LogP contribution in [0.4, 0.5) is 0 Å². The Labute approximate surface area is 115 Å². The van der Waals surface area contributed by atoms with Gasteiger partial charge in [0.2, 0.25) is 0 Å². The minimum Gasteiger partial charge on any atom is -0.478 e. The molecule has 2 aromatic rings. The molecule has 0 bridgehead atoms. The van der Waals surface area contributed by atoms with E-state index in [0.29, 0.717) is 11.1 Å². The highest BCUT2D eigenvalue weighted by molar-refractivity contribution is 7.99. The van der Waals surface area contributed by atoms with E-state index in [0.717, 1.165) is 15.4 Å². The topological polar surface area (TPSA) is 61.1 Å². The van der Waals surface area contributed by atoms with Crippen LogP contribution >= 0.6 is 11.8 Å². The summed E-state index contributed by atoms with van der Waals surface area (Å²) in [5.41, 5.74) is 1.68. The van der Waals surface area contributed by atoms with Crippen molar-refractivity contribution in [2.24, 2.45) is 0 Å². The Balaban J connectivity index is 2.25. The van der Waals surface area contributed by atoms with Crippen molar-refractivity contribution in [3.63, 3.8) is 0 Å². The average molecular weight is 269 g/mol. The van der Waals surface area contributed by atoms with Gasteiger partial charge in [0.1, 0.15) is 0 Å². The van der Waals surface area contributed by atoms with Gasteiger partial charge in [-0.05, 0) is 48.9 Å². The highest BCUT2D eigenvalue weighted by atomic mass is 32.2. The molecule has 0 fully saturated rings. The third-order valence-corrected chi connectivity index (χ3v) is 3.66. The Hall–Kier alpha value is -2.25. The molecule has 19 heavy (non-hydrogen) atoms. The lowest BCUT2D eigenvalue weighted by atomic mass is 10.1. The van der Waals surface area contributed by atoms with Crippen molar-refractivity contribution in [1.82, 2.24) is 0 Å². The molecule has 0 unspecified atom stereocenters. The van der Waals surface area contributed by atoms with E-state index < -0.39 is 5.97 Å². The molecule has 0 aliphatic rings. The maximum absolute atomic E-state index is 11.1. The zero-order chi connectivity index (χ0) is 13.8. The zero-order valence-corrected chi connectivity index (χ0v) is 11.1. The van der Waals surface area contributed by atoms with E-state index in [1.807, 2.05) is 18.2 Å². The number of carbonyl (C=O) groups is 1. The number of rotatable bonds is 3. The molecule has 0 atom stereocenters. The molecule has 0 aromatic heterocycles. The summed E-state index contributed by atoms with van der Waals surface area (Å²) in [5, 5.41) is 17.8. The predicted molar refractivity (Wildman–Crippen MR) is 73.4 cm³/mol. The quantitative estimate of drug-likeness (QED) is 0.922. The first-order valence-corrected chi connectivity index (χ1v) is 6.44. The summed E-state index contributed by atoms with van der Waals surface area (Å²) in [6.07, 6.45) is 0. The van der Waals surface area contributed by atoms with Crippen molar-refractivity contribution in [3.8, 4) is 6.07 Å². The van der Waals surface area contributed by atoms with Crippen LogP contribution in [0.1, 0.15) is 21.5 Å². The summed E-state index contributed by atoms with van der Waals surface area (Å²) in [7, 11) is 0. The molecular weight excluding hydrogens is 258 g/mol. The van der Waals surface area contributed by atoms with Gasteiger partial charge in [-0.1, -0.05) is 17.8 Å². The molecule has 0 amide bonds. The van der Waals surface area contributed by atoms with Gasteiger partial charge >= 0.3 is 5.97 Å². The Morgan fingerprint density at radius 2 is 1.79 bits per heavy atom. The summed E-state index contributed by atoms with van der Waals surface area (Å²) in [6.45, 7) is 1.78. The molecule has 0 saturated carbocycles. The number of benzene rings is 2. The van der Waals surface area contributed by atoms with E-state index in [1.54, 1.807) is 31.2 Å². The monoisotopic (exact) mass is 269 g/mol. The number of nitriles is 1. The average Bonchev–Trinajstić information content (AvgIpc) is 2.41. The van der Waals surface area contributed by atoms with Gasteiger partial charge in [-0.2, -0.15) is 5.26 Å². The van der Waals surface area contributed by atoms with Gasteiger partial charge in [-0.15, -0.1) is 0 Å². The largest absolute Gasteiger partial charge is 0.478 e. The normalized spacial score (nSPS) is 9.89. The Morgan fingerprint density at radius 1 is 1.16 bits per heavy atom. The molecule has 2 rings (SSSR count). The lowest BCUT2D eigenvalue weighted by Gasteiger charge is -2.05. The zero-order valence-electron chi connectivity index (χ0n) is 10.3. The van der Waals surface area contributed by atoms with Crippen LogP contribution in [-0.4, -0.2) is 11.1 Å². The van der Waals surface area contributed by atoms with Gasteiger partial charge in [-0.25, -0.2) is 4.79 Å². The van der Waals surface area contributed by atoms with Crippen molar-refractivity contribution in [2.75, 3.05) is 0 Å². The van der Waals surface area contributed by atoms with Crippen molar-refractivity contribution >= 4 is 17.7 Å². The molecule has 2 aromatic carbocycles. The lowest BCUT2D eigenvalue weighted by Crippen LogP contribution is -1.99. The predicted octanol–water partition coefficient (Wildman–Crippen LogP) is 3.72. The van der Waals surface area contributed by atoms with Crippen LogP contribution in [0.2, 0.25) is 0 Å². The standard InChI is InChI=1S/C15H11NO2S/c1-10-2-5-13(8-14(10)15(17)18)19-12-6-3-11(9-16)4-7-12/h2-8H,1H3,(H,17,18). The molecule has 0 saturated heterocycles. The summed E-state index contributed by atoms with van der Waals surface area (Å²) in [4.78, 5) is 12.9. The summed E-state index contributed by atoms with van der Waals surface area (Å²) in [6, 6.07) is 14.6. The van der Waals surface area contributed by atoms with Crippen LogP contribution in [-0.2, 0) is 0 Å². The number of hydrogen-bond acceptors (Lipinski definition) is 3. The summed E-state index contributed by atoms with van der Waals surface area (Å²) in [5.74, 6) is -0.917. The van der Waals surface area contributed by atoms with Gasteiger partial charge in [0.15, 0.2) is 0 Å². The van der Waals surface area contributed by atoms with Crippen LogP contribution in [0.5, 0.6) is 0 Å². The van der Waals surface area contributed by atoms with Gasteiger partial charge < -0.3 is 5.11 Å². The second-order valence-electron chi connectivity index (χ2n) is 4.02. The molecule has 94 valence electrons. The smallest absolute Gasteiger partial charge is 0.335 e. The van der Waals surface area contributed by atoms with Gasteiger partial charge in [0.05, 0.1) is 17.2 Å². The Morgan fingerprint density at radius 3 is 2.37 bits per heavy atom. The number of hydrogen-bond donors (Lipinski definition) is 1. The van der Waals surface area contributed by atoms with E-state index >= 15 is 0 Å². The number of carboxylic acid groups (broad SMARTS) is 1. The maximum atomic E-state index is 11.1. The molecule has 0 aliphatic heterocycles. The minimum atomic E-state index is -0.917. The van der Waals surface area contributed by atoms with Crippen LogP contribution in [0.3, 0.4) is 0 Å². The van der Waals surface area contributed by atoms with Crippen LogP contribution in [0.15, 0.2) is 52.3 Å². The number of aryl methyl sites for hydroxylation is 1. The second kappa shape index (κ2) is 5.59. The first-order chi connectivity index (χ1) is 9.10. The first kappa shape index (κ1) is 13.2. The third kappa shape index (κ3) is 3.15. The molecular formula is C15H11NO2S. The van der Waals surface area contributed by atoms with Crippen LogP contribution in [0.25, 0.3) is 0 Å². The fourth-order valence-electron chi connectivity index (χ4n) is 1.63. The molecule has 4 heteroatoms. The van der Waals surface area contributed by atoms with Gasteiger partial charge in [0.25, 0.3) is 0 Å². The van der Waals surface area contributed by atoms with Crippen molar-refractivity contribution < 1.29 is 9.90 Å². The molecule has 3 nitrogen and oxygen atoms in total. The molecule has 0 spiro atoms. The Bertz CT molecular complexity index is 657. The molecule has 0 radical (unpaired) electrons. The molecule has 0 aliphatic carbocycles.